The molecule has 82 valence electrons. The van der Waals surface area contributed by atoms with Gasteiger partial charge in [0.05, 0.1) is 0 Å². The van der Waals surface area contributed by atoms with Crippen LogP contribution in [-0.2, 0) is 9.59 Å². The van der Waals surface area contributed by atoms with Crippen molar-refractivity contribution in [1.82, 2.24) is 0 Å². The van der Waals surface area contributed by atoms with Gasteiger partial charge in [-0.3, -0.25) is 0 Å². The average molecular weight is 198 g/mol. The van der Waals surface area contributed by atoms with Crippen molar-refractivity contribution in [1.29, 1.82) is 0 Å². The molecule has 0 saturated carbocycles. The molecule has 0 aliphatic heterocycles. The van der Waals surface area contributed by atoms with Crippen molar-refractivity contribution >= 4 is 11.9 Å². The highest BCUT2D eigenvalue weighted by Crippen LogP contribution is 1.56. The minimum Gasteiger partial charge on any atom is -0.473 e. The summed E-state index contributed by atoms with van der Waals surface area (Å²) in [4.78, 5) is 18.2. The zero-order valence-corrected chi connectivity index (χ0v) is 5.71. The lowest BCUT2D eigenvalue weighted by atomic mass is 10.7. The summed E-state index contributed by atoms with van der Waals surface area (Å²) in [7, 11) is 0. The van der Waals surface area contributed by atoms with E-state index in [2.05, 4.69) is 0 Å². The van der Waals surface area contributed by atoms with E-state index in [4.69, 9.17) is 19.8 Å². The van der Waals surface area contributed by atoms with Gasteiger partial charge in [-0.25, -0.2) is 9.59 Å². The van der Waals surface area contributed by atoms with Crippen molar-refractivity contribution in [2.24, 2.45) is 0 Å². The van der Waals surface area contributed by atoms with Crippen LogP contribution >= 0.6 is 0 Å². The van der Waals surface area contributed by atoms with E-state index in [-0.39, 0.29) is 32.9 Å². The number of rotatable bonds is 0. The second-order valence-electron chi connectivity index (χ2n) is 0.610. The van der Waals surface area contributed by atoms with E-state index in [1.807, 2.05) is 0 Å². The molecule has 0 spiro atoms. The Morgan fingerprint density at radius 2 is 0.667 bits per heavy atom. The van der Waals surface area contributed by atoms with Gasteiger partial charge in [-0.05, 0) is 0 Å². The van der Waals surface area contributed by atoms with Crippen molar-refractivity contribution in [2.45, 2.75) is 0 Å². The molecule has 0 amide bonds. The number of hydrogen-bond donors (Lipinski definition) is 2. The molecular formula is C2H14O10. The molecule has 12 heavy (non-hydrogen) atoms. The van der Waals surface area contributed by atoms with Crippen molar-refractivity contribution in [3.05, 3.63) is 0 Å². The molecule has 10 nitrogen and oxygen atoms in total. The highest BCUT2D eigenvalue weighted by molar-refractivity contribution is 6.27. The van der Waals surface area contributed by atoms with Crippen LogP contribution in [-0.4, -0.2) is 55.0 Å². The Bertz CT molecular complexity index is 73.8. The summed E-state index contributed by atoms with van der Waals surface area (Å²) in [5.41, 5.74) is 0. The second-order valence-corrected chi connectivity index (χ2v) is 0.610. The Morgan fingerprint density at radius 3 is 0.667 bits per heavy atom. The molecule has 0 atom stereocenters. The van der Waals surface area contributed by atoms with Crippen LogP contribution in [0.25, 0.3) is 0 Å². The first-order valence-electron chi connectivity index (χ1n) is 1.11. The van der Waals surface area contributed by atoms with Gasteiger partial charge in [0.2, 0.25) is 0 Å². The maximum atomic E-state index is 9.10. The lowest BCUT2D eigenvalue weighted by Crippen LogP contribution is -2.09. The monoisotopic (exact) mass is 198 g/mol. The maximum absolute atomic E-state index is 9.10. The van der Waals surface area contributed by atoms with Gasteiger partial charge < -0.3 is 43.1 Å². The number of carboxylic acids is 2. The quantitative estimate of drug-likeness (QED) is 0.359. The highest BCUT2D eigenvalue weighted by Gasteiger charge is 2.04. The molecule has 0 bridgehead atoms. The van der Waals surface area contributed by atoms with Gasteiger partial charge >= 0.3 is 11.9 Å². The standard InChI is InChI=1S/C2H2O4.6H2O/c3-1(4)2(5)6;;;;;;/h(H,3,4)(H,5,6);6*1H2. The molecule has 0 fully saturated rings. The van der Waals surface area contributed by atoms with Crippen LogP contribution in [0.3, 0.4) is 0 Å². The van der Waals surface area contributed by atoms with E-state index >= 15 is 0 Å². The van der Waals surface area contributed by atoms with E-state index < -0.39 is 11.9 Å². The Hall–Kier alpha value is -1.30. The first-order chi connectivity index (χ1) is 2.64. The van der Waals surface area contributed by atoms with Gasteiger partial charge in [-0.15, -0.1) is 0 Å². The molecule has 0 heterocycles. The SMILES string of the molecule is O.O.O.O.O.O.O=C(O)C(=O)O. The lowest BCUT2D eigenvalue weighted by Gasteiger charge is -1.72. The zero-order chi connectivity index (χ0) is 5.15. The fourth-order valence-corrected chi connectivity index (χ4v) is 0. The molecule has 14 N–H and O–H groups in total. The fraction of sp³-hybridized carbons (Fsp3) is 0. The van der Waals surface area contributed by atoms with E-state index in [9.17, 15) is 0 Å². The number of carbonyl (C=O) groups is 2. The van der Waals surface area contributed by atoms with Crippen LogP contribution in [0.4, 0.5) is 0 Å². The van der Waals surface area contributed by atoms with Crippen LogP contribution in [0.2, 0.25) is 0 Å². The minimum atomic E-state index is -1.82. The summed E-state index contributed by atoms with van der Waals surface area (Å²) in [5, 5.41) is 14.8. The minimum absolute atomic E-state index is 0. The first kappa shape index (κ1) is 73.5. The van der Waals surface area contributed by atoms with Crippen molar-refractivity contribution in [3.63, 3.8) is 0 Å². The van der Waals surface area contributed by atoms with Gasteiger partial charge in [-0.1, -0.05) is 0 Å². The predicted molar refractivity (Wildman–Crippen MR) is 37.0 cm³/mol. The molecular weight excluding hydrogens is 184 g/mol. The summed E-state index contributed by atoms with van der Waals surface area (Å²) in [6.45, 7) is 0. The predicted octanol–water partition coefficient (Wildman–Crippen LogP) is -5.79. The van der Waals surface area contributed by atoms with Gasteiger partial charge in [0.15, 0.2) is 0 Å². The van der Waals surface area contributed by atoms with Crippen LogP contribution in [0.15, 0.2) is 0 Å². The molecule has 0 aliphatic carbocycles. The van der Waals surface area contributed by atoms with Crippen LogP contribution in [0, 0.1) is 0 Å². The van der Waals surface area contributed by atoms with E-state index in [0.29, 0.717) is 0 Å². The average Bonchev–Trinajstić information content (AvgIpc) is 1.36. The number of carboxylic acid groups (broad SMARTS) is 2. The Morgan fingerprint density at radius 1 is 0.583 bits per heavy atom. The topological polar surface area (TPSA) is 264 Å². The van der Waals surface area contributed by atoms with E-state index in [0.717, 1.165) is 0 Å². The molecule has 0 aliphatic rings. The van der Waals surface area contributed by atoms with Crippen molar-refractivity contribution in [3.8, 4) is 0 Å². The highest BCUT2D eigenvalue weighted by atomic mass is 16.4. The molecule has 0 aromatic rings. The van der Waals surface area contributed by atoms with E-state index in [1.54, 1.807) is 0 Å². The molecule has 0 saturated heterocycles. The molecule has 0 aromatic heterocycles. The summed E-state index contributed by atoms with van der Waals surface area (Å²) >= 11 is 0. The molecule has 0 aromatic carbocycles. The molecule has 0 radical (unpaired) electrons. The van der Waals surface area contributed by atoms with Gasteiger partial charge in [0.1, 0.15) is 0 Å². The summed E-state index contributed by atoms with van der Waals surface area (Å²) in [6, 6.07) is 0. The van der Waals surface area contributed by atoms with Gasteiger partial charge in [0, 0.05) is 0 Å². The maximum Gasteiger partial charge on any atom is 0.414 e. The van der Waals surface area contributed by atoms with Crippen LogP contribution in [0.1, 0.15) is 0 Å². The Balaban J connectivity index is -0.00000000833. The smallest absolute Gasteiger partial charge is 0.414 e. The van der Waals surface area contributed by atoms with Crippen LogP contribution < -0.4 is 0 Å². The molecule has 0 rings (SSSR count). The number of hydrogen-bond acceptors (Lipinski definition) is 2. The lowest BCUT2D eigenvalue weighted by molar-refractivity contribution is -0.159. The zero-order valence-electron chi connectivity index (χ0n) is 5.71. The third kappa shape index (κ3) is 70.8. The fourth-order valence-electron chi connectivity index (χ4n) is 0. The van der Waals surface area contributed by atoms with Crippen molar-refractivity contribution < 1.29 is 52.7 Å². The number of aliphatic carboxylic acids is 2. The normalized spacial score (nSPS) is 3.67. The van der Waals surface area contributed by atoms with Crippen molar-refractivity contribution in [2.75, 3.05) is 0 Å². The largest absolute Gasteiger partial charge is 0.473 e. The summed E-state index contributed by atoms with van der Waals surface area (Å²) in [6.07, 6.45) is 0. The first-order valence-corrected chi connectivity index (χ1v) is 1.11. The second kappa shape index (κ2) is 33.2. The third-order valence-electron chi connectivity index (χ3n) is 0.183. The molecule has 0 unspecified atom stereocenters. The van der Waals surface area contributed by atoms with Crippen LogP contribution in [0.5, 0.6) is 0 Å². The van der Waals surface area contributed by atoms with E-state index in [1.165, 1.54) is 0 Å². The van der Waals surface area contributed by atoms with Gasteiger partial charge in [-0.2, -0.15) is 0 Å². The summed E-state index contributed by atoms with van der Waals surface area (Å²) < 4.78 is 0. The third-order valence-corrected chi connectivity index (χ3v) is 0.183. The summed E-state index contributed by atoms with van der Waals surface area (Å²) in [5.74, 6) is -3.65. The Labute approximate surface area is 65.9 Å². The molecule has 10 heteroatoms. The van der Waals surface area contributed by atoms with Gasteiger partial charge in [0.25, 0.3) is 0 Å². The Kier molecular flexibility index (Phi) is 204.